The second kappa shape index (κ2) is 4.17. The van der Waals surface area contributed by atoms with E-state index in [0.29, 0.717) is 17.8 Å². The zero-order chi connectivity index (χ0) is 11.8. The zero-order valence-electron chi connectivity index (χ0n) is 10.1. The van der Waals surface area contributed by atoms with Gasteiger partial charge in [0.1, 0.15) is 5.82 Å². The molecule has 4 nitrogen and oxygen atoms in total. The third kappa shape index (κ3) is 1.85. The summed E-state index contributed by atoms with van der Waals surface area (Å²) in [6.45, 7) is 2.07. The Morgan fingerprint density at radius 2 is 2.35 bits per heavy atom. The summed E-state index contributed by atoms with van der Waals surface area (Å²) in [7, 11) is 0. The van der Waals surface area contributed by atoms with E-state index in [9.17, 15) is 4.79 Å². The van der Waals surface area contributed by atoms with E-state index in [1.54, 1.807) is 12.4 Å². The van der Waals surface area contributed by atoms with Crippen molar-refractivity contribution in [2.24, 2.45) is 17.8 Å². The van der Waals surface area contributed by atoms with Crippen LogP contribution >= 0.6 is 0 Å². The first kappa shape index (κ1) is 10.8. The average Bonchev–Trinajstić information content (AvgIpc) is 2.82. The quantitative estimate of drug-likeness (QED) is 0.836. The van der Waals surface area contributed by atoms with Crippen LogP contribution in [0.4, 0.5) is 0 Å². The number of nitrogens with one attached hydrogen (secondary N) is 2. The Kier molecular flexibility index (Phi) is 2.65. The number of aromatic nitrogens is 2. The maximum Gasteiger partial charge on any atom is 0.224 e. The van der Waals surface area contributed by atoms with Gasteiger partial charge in [-0.3, -0.25) is 4.79 Å². The van der Waals surface area contributed by atoms with Crippen molar-refractivity contribution in [3.63, 3.8) is 0 Å². The van der Waals surface area contributed by atoms with Gasteiger partial charge in [0.25, 0.3) is 0 Å². The molecule has 0 radical (unpaired) electrons. The fourth-order valence-electron chi connectivity index (χ4n) is 3.31. The second-order valence-corrected chi connectivity index (χ2v) is 5.23. The van der Waals surface area contributed by atoms with Gasteiger partial charge in [0.2, 0.25) is 5.91 Å². The van der Waals surface area contributed by atoms with Gasteiger partial charge in [0.05, 0.1) is 6.04 Å². The molecule has 2 aliphatic rings. The number of carbonyl (C=O) groups excluding carboxylic acids is 1. The molecule has 1 aromatic heterocycles. The van der Waals surface area contributed by atoms with Crippen molar-refractivity contribution < 1.29 is 4.79 Å². The van der Waals surface area contributed by atoms with Crippen LogP contribution < -0.4 is 5.32 Å². The van der Waals surface area contributed by atoms with Gasteiger partial charge >= 0.3 is 0 Å². The highest BCUT2D eigenvalue weighted by Gasteiger charge is 2.56. The summed E-state index contributed by atoms with van der Waals surface area (Å²) in [5.74, 6) is 2.77. The average molecular weight is 233 g/mol. The minimum Gasteiger partial charge on any atom is -0.347 e. The predicted octanol–water partition coefficient (Wildman–Crippen LogP) is 2.02. The Morgan fingerprint density at radius 3 is 2.94 bits per heavy atom. The Morgan fingerprint density at radius 1 is 1.59 bits per heavy atom. The van der Waals surface area contributed by atoms with Crippen molar-refractivity contribution in [3.05, 3.63) is 18.2 Å². The van der Waals surface area contributed by atoms with Gasteiger partial charge < -0.3 is 10.3 Å². The summed E-state index contributed by atoms with van der Waals surface area (Å²) >= 11 is 0. The summed E-state index contributed by atoms with van der Waals surface area (Å²) in [5.41, 5.74) is 0. The molecular formula is C13H19N3O. The van der Waals surface area contributed by atoms with Gasteiger partial charge in [-0.05, 0) is 31.1 Å². The second-order valence-electron chi connectivity index (χ2n) is 5.23. The predicted molar refractivity (Wildman–Crippen MR) is 64.1 cm³/mol. The van der Waals surface area contributed by atoms with E-state index in [1.807, 2.05) is 0 Å². The van der Waals surface area contributed by atoms with E-state index in [0.717, 1.165) is 12.2 Å². The van der Waals surface area contributed by atoms with Crippen LogP contribution in [0.3, 0.4) is 0 Å². The fourth-order valence-corrected chi connectivity index (χ4v) is 3.31. The van der Waals surface area contributed by atoms with Crippen LogP contribution in [0.5, 0.6) is 0 Å². The Hall–Kier alpha value is -1.32. The lowest BCUT2D eigenvalue weighted by Gasteiger charge is -2.15. The van der Waals surface area contributed by atoms with Crippen LogP contribution in [-0.2, 0) is 4.79 Å². The van der Waals surface area contributed by atoms with Gasteiger partial charge in [0, 0.05) is 18.3 Å². The summed E-state index contributed by atoms with van der Waals surface area (Å²) in [5, 5.41) is 3.13. The zero-order valence-corrected chi connectivity index (χ0v) is 10.1. The molecule has 0 unspecified atom stereocenters. The number of fused-ring (bicyclic) bond motifs is 1. The maximum absolute atomic E-state index is 12.1. The van der Waals surface area contributed by atoms with Gasteiger partial charge in [-0.1, -0.05) is 13.3 Å². The summed E-state index contributed by atoms with van der Waals surface area (Å²) in [6.07, 6.45) is 8.22. The Balaban J connectivity index is 1.60. The van der Waals surface area contributed by atoms with Crippen molar-refractivity contribution in [3.8, 4) is 0 Å². The molecule has 3 rings (SSSR count). The number of aromatic amines is 1. The maximum atomic E-state index is 12.1. The van der Waals surface area contributed by atoms with Gasteiger partial charge in [-0.2, -0.15) is 0 Å². The highest BCUT2D eigenvalue weighted by Crippen LogP contribution is 2.57. The van der Waals surface area contributed by atoms with Gasteiger partial charge in [-0.25, -0.2) is 4.98 Å². The summed E-state index contributed by atoms with van der Waals surface area (Å²) in [6, 6.07) is 0.0406. The molecule has 0 aliphatic heterocycles. The van der Waals surface area contributed by atoms with Gasteiger partial charge in [-0.15, -0.1) is 0 Å². The number of nitrogens with zero attached hydrogens (tertiary/aromatic N) is 1. The molecule has 1 aromatic rings. The van der Waals surface area contributed by atoms with E-state index in [1.165, 1.54) is 19.3 Å². The van der Waals surface area contributed by atoms with Crippen LogP contribution in [0.1, 0.15) is 44.5 Å². The highest BCUT2D eigenvalue weighted by atomic mass is 16.2. The van der Waals surface area contributed by atoms with E-state index in [-0.39, 0.29) is 11.9 Å². The lowest BCUT2D eigenvalue weighted by molar-refractivity contribution is -0.123. The van der Waals surface area contributed by atoms with Crippen molar-refractivity contribution in [1.82, 2.24) is 15.3 Å². The van der Waals surface area contributed by atoms with Crippen LogP contribution in [-0.4, -0.2) is 15.9 Å². The fraction of sp³-hybridized carbons (Fsp3) is 0.692. The standard InChI is InChI=1S/C13H19N3O/c1-2-10(12-14-6-7-15-12)16-13(17)11-8-4-3-5-9(8)11/h6-11H,2-5H2,1H3,(H,14,15)(H,16,17)/t8-,9-,10-/m0/s1. The number of hydrogen-bond acceptors (Lipinski definition) is 2. The lowest BCUT2D eigenvalue weighted by Crippen LogP contribution is -2.31. The molecule has 4 heteroatoms. The monoisotopic (exact) mass is 233 g/mol. The first-order valence-corrected chi connectivity index (χ1v) is 6.61. The van der Waals surface area contributed by atoms with Crippen LogP contribution in [0, 0.1) is 17.8 Å². The molecule has 17 heavy (non-hydrogen) atoms. The van der Waals surface area contributed by atoms with E-state index in [2.05, 4.69) is 22.2 Å². The molecular weight excluding hydrogens is 214 g/mol. The first-order chi connectivity index (χ1) is 8.31. The first-order valence-electron chi connectivity index (χ1n) is 6.61. The molecule has 0 bridgehead atoms. The molecule has 0 spiro atoms. The third-order valence-electron chi connectivity index (χ3n) is 4.28. The molecule has 0 saturated heterocycles. The number of amides is 1. The molecule has 2 fully saturated rings. The van der Waals surface area contributed by atoms with E-state index < -0.39 is 0 Å². The van der Waals surface area contributed by atoms with Gasteiger partial charge in [0.15, 0.2) is 0 Å². The molecule has 3 atom stereocenters. The van der Waals surface area contributed by atoms with Crippen molar-refractivity contribution in [2.75, 3.05) is 0 Å². The van der Waals surface area contributed by atoms with Crippen LogP contribution in [0.2, 0.25) is 0 Å². The van der Waals surface area contributed by atoms with E-state index >= 15 is 0 Å². The van der Waals surface area contributed by atoms with Crippen molar-refractivity contribution in [2.45, 2.75) is 38.6 Å². The Bertz CT molecular complexity index is 391. The SMILES string of the molecule is CC[C@H](NC(=O)C1[C@H]2CCC[C@H]12)c1ncc[nH]1. The number of imidazole rings is 1. The van der Waals surface area contributed by atoms with Crippen molar-refractivity contribution >= 4 is 5.91 Å². The lowest BCUT2D eigenvalue weighted by atomic mass is 10.1. The molecule has 2 saturated carbocycles. The van der Waals surface area contributed by atoms with Crippen molar-refractivity contribution in [1.29, 1.82) is 0 Å². The molecule has 1 heterocycles. The number of hydrogen-bond donors (Lipinski definition) is 2. The molecule has 1 amide bonds. The molecule has 2 aliphatic carbocycles. The topological polar surface area (TPSA) is 57.8 Å². The van der Waals surface area contributed by atoms with Crippen LogP contribution in [0.15, 0.2) is 12.4 Å². The normalized spacial score (nSPS) is 31.9. The third-order valence-corrected chi connectivity index (χ3v) is 4.28. The molecule has 0 aromatic carbocycles. The molecule has 92 valence electrons. The number of H-pyrrole nitrogens is 1. The minimum atomic E-state index is 0.0406. The summed E-state index contributed by atoms with van der Waals surface area (Å²) in [4.78, 5) is 19.4. The van der Waals surface area contributed by atoms with Crippen LogP contribution in [0.25, 0.3) is 0 Å². The molecule has 2 N–H and O–H groups in total. The Labute approximate surface area is 101 Å². The largest absolute Gasteiger partial charge is 0.347 e. The number of carbonyl (C=O) groups is 1. The number of rotatable bonds is 4. The summed E-state index contributed by atoms with van der Waals surface area (Å²) < 4.78 is 0. The smallest absolute Gasteiger partial charge is 0.224 e. The minimum absolute atomic E-state index is 0.0406. The van der Waals surface area contributed by atoms with E-state index in [4.69, 9.17) is 0 Å². The highest BCUT2D eigenvalue weighted by molar-refractivity contribution is 5.82.